The molecular weight excluding hydrogens is 359 g/mol. The van der Waals surface area contributed by atoms with Crippen molar-refractivity contribution in [2.45, 2.75) is 13.3 Å². The molecule has 18 heavy (non-hydrogen) atoms. The molecule has 2 aromatic carbocycles. The van der Waals surface area contributed by atoms with Gasteiger partial charge in [0.2, 0.25) is 0 Å². The van der Waals surface area contributed by atoms with Gasteiger partial charge in [-0.3, -0.25) is 4.79 Å². The third kappa shape index (κ3) is 2.93. The normalized spacial score (nSPS) is 10.4. The first-order chi connectivity index (χ1) is 8.61. The number of carbonyl (C=O) groups excluding carboxylic acids is 1. The summed E-state index contributed by atoms with van der Waals surface area (Å²) >= 11 is 8.09. The minimum Gasteiger partial charge on any atom is -0.289 e. The van der Waals surface area contributed by atoms with Crippen LogP contribution in [-0.4, -0.2) is 5.78 Å². The van der Waals surface area contributed by atoms with Crippen LogP contribution in [0.2, 0.25) is 5.02 Å². The number of carbonyl (C=O) groups is 1. The molecular formula is C15H12ClIO. The molecule has 92 valence electrons. The Morgan fingerprint density at radius 3 is 2.44 bits per heavy atom. The van der Waals surface area contributed by atoms with Gasteiger partial charge in [0.25, 0.3) is 0 Å². The summed E-state index contributed by atoms with van der Waals surface area (Å²) in [7, 11) is 0. The fourth-order valence-corrected chi connectivity index (χ4v) is 2.47. The van der Waals surface area contributed by atoms with Crippen molar-refractivity contribution in [3.8, 4) is 0 Å². The number of hydrogen-bond donors (Lipinski definition) is 0. The first kappa shape index (κ1) is 13.6. The molecule has 0 unspecified atom stereocenters. The average molecular weight is 371 g/mol. The van der Waals surface area contributed by atoms with Gasteiger partial charge in [-0.15, -0.1) is 0 Å². The maximum atomic E-state index is 12.4. The van der Waals surface area contributed by atoms with Gasteiger partial charge in [0.15, 0.2) is 5.78 Å². The van der Waals surface area contributed by atoms with Crippen LogP contribution in [0.4, 0.5) is 0 Å². The highest BCUT2D eigenvalue weighted by atomic mass is 127. The quantitative estimate of drug-likeness (QED) is 0.563. The molecule has 0 aromatic heterocycles. The Bertz CT molecular complexity index is 576. The molecule has 2 rings (SSSR count). The summed E-state index contributed by atoms with van der Waals surface area (Å²) in [6.45, 7) is 2.09. The fraction of sp³-hybridized carbons (Fsp3) is 0.133. The molecule has 0 saturated carbocycles. The Morgan fingerprint density at radius 1 is 1.17 bits per heavy atom. The summed E-state index contributed by atoms with van der Waals surface area (Å²) in [5.74, 6) is 0.0181. The maximum absolute atomic E-state index is 12.4. The minimum absolute atomic E-state index is 0.0181. The first-order valence-corrected chi connectivity index (χ1v) is 7.16. The monoisotopic (exact) mass is 370 g/mol. The first-order valence-electron chi connectivity index (χ1n) is 5.70. The van der Waals surface area contributed by atoms with Crippen molar-refractivity contribution in [1.29, 1.82) is 0 Å². The predicted molar refractivity (Wildman–Crippen MR) is 83.4 cm³/mol. The minimum atomic E-state index is 0.0181. The van der Waals surface area contributed by atoms with E-state index in [0.29, 0.717) is 16.1 Å². The van der Waals surface area contributed by atoms with Crippen LogP contribution in [0.15, 0.2) is 42.5 Å². The Balaban J connectivity index is 2.38. The number of rotatable bonds is 3. The predicted octanol–water partition coefficient (Wildman–Crippen LogP) is 4.74. The molecule has 0 heterocycles. The van der Waals surface area contributed by atoms with Crippen molar-refractivity contribution in [3.05, 3.63) is 67.7 Å². The third-order valence-corrected chi connectivity index (χ3v) is 3.97. The number of hydrogen-bond acceptors (Lipinski definition) is 1. The van der Waals surface area contributed by atoms with E-state index in [1.807, 2.05) is 30.3 Å². The van der Waals surface area contributed by atoms with E-state index in [0.717, 1.165) is 9.99 Å². The van der Waals surface area contributed by atoms with Crippen LogP contribution in [0, 0.1) is 3.57 Å². The SMILES string of the molecule is CCc1ccc(C(=O)c2cc(Cl)ccc2I)cc1. The Morgan fingerprint density at radius 2 is 1.83 bits per heavy atom. The molecule has 0 bridgehead atoms. The fourth-order valence-electron chi connectivity index (χ4n) is 1.72. The van der Waals surface area contributed by atoms with Crippen LogP contribution in [0.3, 0.4) is 0 Å². The molecule has 0 radical (unpaired) electrons. The van der Waals surface area contributed by atoms with Crippen molar-refractivity contribution in [1.82, 2.24) is 0 Å². The highest BCUT2D eigenvalue weighted by Crippen LogP contribution is 2.21. The average Bonchev–Trinajstić information content (AvgIpc) is 2.41. The molecule has 1 nitrogen and oxygen atoms in total. The highest BCUT2D eigenvalue weighted by Gasteiger charge is 2.12. The summed E-state index contributed by atoms with van der Waals surface area (Å²) < 4.78 is 0.918. The highest BCUT2D eigenvalue weighted by molar-refractivity contribution is 14.1. The molecule has 0 fully saturated rings. The van der Waals surface area contributed by atoms with Gasteiger partial charge in [0.05, 0.1) is 0 Å². The number of benzene rings is 2. The lowest BCUT2D eigenvalue weighted by molar-refractivity contribution is 0.103. The van der Waals surface area contributed by atoms with Crippen LogP contribution < -0.4 is 0 Å². The van der Waals surface area contributed by atoms with E-state index < -0.39 is 0 Å². The smallest absolute Gasteiger partial charge is 0.194 e. The second-order valence-corrected chi connectivity index (χ2v) is 5.60. The van der Waals surface area contributed by atoms with Crippen molar-refractivity contribution < 1.29 is 4.79 Å². The van der Waals surface area contributed by atoms with Crippen molar-refractivity contribution >= 4 is 40.0 Å². The summed E-state index contributed by atoms with van der Waals surface area (Å²) in [6, 6.07) is 13.1. The molecule has 0 atom stereocenters. The van der Waals surface area contributed by atoms with E-state index in [9.17, 15) is 4.79 Å². The van der Waals surface area contributed by atoms with Crippen molar-refractivity contribution in [2.75, 3.05) is 0 Å². The van der Waals surface area contributed by atoms with Gasteiger partial charge in [-0.1, -0.05) is 42.8 Å². The second kappa shape index (κ2) is 5.85. The third-order valence-electron chi connectivity index (χ3n) is 2.80. The summed E-state index contributed by atoms with van der Waals surface area (Å²) in [6.07, 6.45) is 0.975. The van der Waals surface area contributed by atoms with Gasteiger partial charge in [-0.2, -0.15) is 0 Å². The standard InChI is InChI=1S/C15H12ClIO/c1-2-10-3-5-11(6-4-10)15(18)13-9-12(16)7-8-14(13)17/h3-9H,2H2,1H3. The van der Waals surface area contributed by atoms with Gasteiger partial charge >= 0.3 is 0 Å². The zero-order chi connectivity index (χ0) is 13.1. The van der Waals surface area contributed by atoms with Gasteiger partial charge in [-0.05, 0) is 52.8 Å². The van der Waals surface area contributed by atoms with E-state index in [1.54, 1.807) is 12.1 Å². The largest absolute Gasteiger partial charge is 0.289 e. The van der Waals surface area contributed by atoms with E-state index in [-0.39, 0.29) is 5.78 Å². The van der Waals surface area contributed by atoms with Gasteiger partial charge in [0.1, 0.15) is 0 Å². The van der Waals surface area contributed by atoms with Crippen LogP contribution in [-0.2, 0) is 6.42 Å². The zero-order valence-electron chi connectivity index (χ0n) is 9.91. The van der Waals surface area contributed by atoms with Crippen molar-refractivity contribution in [2.24, 2.45) is 0 Å². The van der Waals surface area contributed by atoms with Gasteiger partial charge in [-0.25, -0.2) is 0 Å². The summed E-state index contributed by atoms with van der Waals surface area (Å²) in [5, 5.41) is 0.587. The van der Waals surface area contributed by atoms with Crippen LogP contribution in [0.25, 0.3) is 0 Å². The molecule has 0 spiro atoms. The number of aryl methyl sites for hydroxylation is 1. The summed E-state index contributed by atoms with van der Waals surface area (Å²) in [4.78, 5) is 12.4. The lowest BCUT2D eigenvalue weighted by Gasteiger charge is -2.05. The maximum Gasteiger partial charge on any atom is 0.194 e. The Hall–Kier alpha value is -0.870. The van der Waals surface area contributed by atoms with Gasteiger partial charge in [0, 0.05) is 19.7 Å². The van der Waals surface area contributed by atoms with Crippen LogP contribution in [0.5, 0.6) is 0 Å². The van der Waals surface area contributed by atoms with E-state index >= 15 is 0 Å². The van der Waals surface area contributed by atoms with Crippen molar-refractivity contribution in [3.63, 3.8) is 0 Å². The second-order valence-electron chi connectivity index (χ2n) is 4.00. The van der Waals surface area contributed by atoms with Gasteiger partial charge < -0.3 is 0 Å². The summed E-state index contributed by atoms with van der Waals surface area (Å²) in [5.41, 5.74) is 2.59. The lowest BCUT2D eigenvalue weighted by Crippen LogP contribution is -2.03. The lowest BCUT2D eigenvalue weighted by atomic mass is 10.0. The molecule has 0 aliphatic carbocycles. The molecule has 0 amide bonds. The molecule has 3 heteroatoms. The number of ketones is 1. The van der Waals surface area contributed by atoms with E-state index in [2.05, 4.69) is 29.5 Å². The molecule has 0 N–H and O–H groups in total. The number of halogens is 2. The molecule has 0 aliphatic heterocycles. The van der Waals surface area contributed by atoms with E-state index in [1.165, 1.54) is 5.56 Å². The zero-order valence-corrected chi connectivity index (χ0v) is 12.8. The van der Waals surface area contributed by atoms with E-state index in [4.69, 9.17) is 11.6 Å². The Labute approximate surface area is 125 Å². The van der Waals surface area contributed by atoms with Crippen LogP contribution >= 0.6 is 34.2 Å². The molecule has 2 aromatic rings. The molecule has 0 saturated heterocycles. The Kier molecular flexibility index (Phi) is 4.40. The molecule has 0 aliphatic rings. The van der Waals surface area contributed by atoms with Crippen LogP contribution in [0.1, 0.15) is 28.4 Å². The topological polar surface area (TPSA) is 17.1 Å².